The summed E-state index contributed by atoms with van der Waals surface area (Å²) in [5.74, 6) is -1.05. The van der Waals surface area contributed by atoms with Gasteiger partial charge >= 0.3 is 5.97 Å². The van der Waals surface area contributed by atoms with Gasteiger partial charge < -0.3 is 10.2 Å². The Labute approximate surface area is 112 Å². The Hall–Kier alpha value is -1.68. The molecule has 0 heterocycles. The lowest BCUT2D eigenvalue weighted by Crippen LogP contribution is -2.42. The Morgan fingerprint density at radius 1 is 1.53 bits per heavy atom. The van der Waals surface area contributed by atoms with E-state index in [0.29, 0.717) is 17.6 Å². The van der Waals surface area contributed by atoms with E-state index in [0.717, 1.165) is 6.08 Å². The summed E-state index contributed by atoms with van der Waals surface area (Å²) in [6.07, 6.45) is 6.46. The molecular formula is C15H18O4. The highest BCUT2D eigenvalue weighted by Gasteiger charge is 2.67. The number of fused-ring (bicyclic) bond motifs is 1. The molecule has 2 rings (SSSR count). The van der Waals surface area contributed by atoms with Crippen molar-refractivity contribution in [1.29, 1.82) is 0 Å². The van der Waals surface area contributed by atoms with Crippen LogP contribution in [0.15, 0.2) is 35.5 Å². The van der Waals surface area contributed by atoms with E-state index in [1.54, 1.807) is 26.0 Å². The van der Waals surface area contributed by atoms with Gasteiger partial charge in [-0.3, -0.25) is 4.79 Å². The van der Waals surface area contributed by atoms with E-state index in [1.165, 1.54) is 6.08 Å². The van der Waals surface area contributed by atoms with Crippen molar-refractivity contribution in [2.24, 2.45) is 11.3 Å². The van der Waals surface area contributed by atoms with Gasteiger partial charge in [0.25, 0.3) is 0 Å². The van der Waals surface area contributed by atoms with Gasteiger partial charge in [0.05, 0.1) is 0 Å². The first-order valence-electron chi connectivity index (χ1n) is 6.26. The van der Waals surface area contributed by atoms with Crippen LogP contribution in [0.4, 0.5) is 0 Å². The van der Waals surface area contributed by atoms with Crippen LogP contribution in [0, 0.1) is 11.3 Å². The van der Waals surface area contributed by atoms with Crippen molar-refractivity contribution >= 4 is 11.8 Å². The molecule has 0 aromatic rings. The maximum Gasteiger partial charge on any atom is 0.328 e. The number of carboxylic acids is 1. The van der Waals surface area contributed by atoms with E-state index in [2.05, 4.69) is 0 Å². The minimum atomic E-state index is -1.17. The third-order valence-electron chi connectivity index (χ3n) is 4.35. The fourth-order valence-electron chi connectivity index (χ4n) is 2.89. The average Bonchev–Trinajstić information content (AvgIpc) is 2.98. The summed E-state index contributed by atoms with van der Waals surface area (Å²) >= 11 is 0. The number of ketones is 1. The summed E-state index contributed by atoms with van der Waals surface area (Å²) in [5, 5.41) is 19.5. The molecule has 2 aliphatic rings. The molecule has 1 fully saturated rings. The summed E-state index contributed by atoms with van der Waals surface area (Å²) in [4.78, 5) is 22.3. The number of carbonyl (C=O) groups excluding carboxylic acids is 1. The summed E-state index contributed by atoms with van der Waals surface area (Å²) < 4.78 is 0. The Kier molecular flexibility index (Phi) is 3.01. The van der Waals surface area contributed by atoms with E-state index >= 15 is 0 Å². The van der Waals surface area contributed by atoms with Gasteiger partial charge in [-0.1, -0.05) is 13.0 Å². The van der Waals surface area contributed by atoms with Gasteiger partial charge in [0, 0.05) is 17.4 Å². The Morgan fingerprint density at radius 3 is 2.74 bits per heavy atom. The van der Waals surface area contributed by atoms with E-state index in [1.807, 2.05) is 6.92 Å². The number of aliphatic carboxylic acids is 1. The number of rotatable bonds is 3. The van der Waals surface area contributed by atoms with E-state index in [4.69, 9.17) is 5.11 Å². The van der Waals surface area contributed by atoms with Crippen molar-refractivity contribution in [2.75, 3.05) is 0 Å². The SMILES string of the molecule is CC1=CC(=O)[C@@H]2C[C@]2(C)[C@]1(O)/C=C/C(C)=C\C(=O)O. The highest BCUT2D eigenvalue weighted by Crippen LogP contribution is 2.64. The second-order valence-corrected chi connectivity index (χ2v) is 5.73. The van der Waals surface area contributed by atoms with Gasteiger partial charge in [-0.2, -0.15) is 0 Å². The van der Waals surface area contributed by atoms with Crippen molar-refractivity contribution < 1.29 is 19.8 Å². The average molecular weight is 262 g/mol. The first-order chi connectivity index (χ1) is 8.70. The predicted octanol–water partition coefficient (Wildman–Crippen LogP) is 1.86. The highest BCUT2D eigenvalue weighted by atomic mass is 16.4. The van der Waals surface area contributed by atoms with Crippen molar-refractivity contribution in [2.45, 2.75) is 32.8 Å². The molecule has 0 unspecified atom stereocenters. The van der Waals surface area contributed by atoms with E-state index in [-0.39, 0.29) is 11.7 Å². The normalized spacial score (nSPS) is 38.1. The smallest absolute Gasteiger partial charge is 0.328 e. The summed E-state index contributed by atoms with van der Waals surface area (Å²) in [6, 6.07) is 0. The molecule has 1 saturated carbocycles. The fraction of sp³-hybridized carbons (Fsp3) is 0.467. The zero-order chi connectivity index (χ0) is 14.4. The molecule has 102 valence electrons. The monoisotopic (exact) mass is 262 g/mol. The molecule has 3 atom stereocenters. The molecule has 0 radical (unpaired) electrons. The van der Waals surface area contributed by atoms with Crippen LogP contribution >= 0.6 is 0 Å². The van der Waals surface area contributed by atoms with Gasteiger partial charge in [-0.05, 0) is 43.6 Å². The van der Waals surface area contributed by atoms with Crippen LogP contribution in [0.25, 0.3) is 0 Å². The maximum absolute atomic E-state index is 11.7. The van der Waals surface area contributed by atoms with Crippen LogP contribution < -0.4 is 0 Å². The molecule has 0 aliphatic heterocycles. The van der Waals surface area contributed by atoms with Crippen LogP contribution in [0.1, 0.15) is 27.2 Å². The van der Waals surface area contributed by atoms with Gasteiger partial charge in [-0.25, -0.2) is 4.79 Å². The third-order valence-corrected chi connectivity index (χ3v) is 4.35. The summed E-state index contributed by atoms with van der Waals surface area (Å²) in [5.41, 5.74) is -0.457. The Bertz CT molecular complexity index is 540. The molecule has 4 nitrogen and oxygen atoms in total. The molecular weight excluding hydrogens is 244 g/mol. The van der Waals surface area contributed by atoms with Crippen LogP contribution in [-0.2, 0) is 9.59 Å². The number of carbonyl (C=O) groups is 2. The summed E-state index contributed by atoms with van der Waals surface area (Å²) in [6.45, 7) is 5.29. The largest absolute Gasteiger partial charge is 0.478 e. The zero-order valence-electron chi connectivity index (χ0n) is 11.3. The van der Waals surface area contributed by atoms with Crippen LogP contribution in [0.2, 0.25) is 0 Å². The molecule has 2 aliphatic carbocycles. The lowest BCUT2D eigenvalue weighted by atomic mass is 9.73. The van der Waals surface area contributed by atoms with Crippen LogP contribution in [-0.4, -0.2) is 27.6 Å². The van der Waals surface area contributed by atoms with E-state index in [9.17, 15) is 14.7 Å². The van der Waals surface area contributed by atoms with Crippen molar-refractivity contribution in [1.82, 2.24) is 0 Å². The topological polar surface area (TPSA) is 74.6 Å². The van der Waals surface area contributed by atoms with Crippen LogP contribution in [0.5, 0.6) is 0 Å². The second kappa shape index (κ2) is 4.17. The standard InChI is InChI=1S/C15H18O4/c1-9(6-13(17)18)4-5-15(19)10(2)7-12(16)11-8-14(11,15)3/h4-7,11,19H,8H2,1-3H3,(H,17,18)/b5-4+,9-6-/t11-,14-,15-/m0/s1. The first kappa shape index (κ1) is 13.7. The third kappa shape index (κ3) is 2.06. The molecule has 0 saturated heterocycles. The molecule has 4 heteroatoms. The maximum atomic E-state index is 11.7. The molecule has 2 N–H and O–H groups in total. The summed E-state index contributed by atoms with van der Waals surface area (Å²) in [7, 11) is 0. The molecule has 0 bridgehead atoms. The number of carboxylic acid groups (broad SMARTS) is 1. The number of hydrogen-bond acceptors (Lipinski definition) is 3. The second-order valence-electron chi connectivity index (χ2n) is 5.73. The number of hydrogen-bond donors (Lipinski definition) is 2. The fourth-order valence-corrected chi connectivity index (χ4v) is 2.89. The molecule has 0 spiro atoms. The quantitative estimate of drug-likeness (QED) is 0.601. The minimum Gasteiger partial charge on any atom is -0.478 e. The highest BCUT2D eigenvalue weighted by molar-refractivity contribution is 5.97. The Morgan fingerprint density at radius 2 is 2.16 bits per heavy atom. The number of allylic oxidation sites excluding steroid dienone is 3. The molecule has 0 aromatic carbocycles. The minimum absolute atomic E-state index is 0.0795. The number of aliphatic hydroxyl groups is 1. The van der Waals surface area contributed by atoms with Crippen molar-refractivity contribution in [3.63, 3.8) is 0 Å². The van der Waals surface area contributed by atoms with Gasteiger partial charge in [0.1, 0.15) is 5.60 Å². The van der Waals surface area contributed by atoms with Gasteiger partial charge in [-0.15, -0.1) is 0 Å². The van der Waals surface area contributed by atoms with Crippen molar-refractivity contribution in [3.05, 3.63) is 35.5 Å². The lowest BCUT2D eigenvalue weighted by Gasteiger charge is -2.36. The molecule has 19 heavy (non-hydrogen) atoms. The van der Waals surface area contributed by atoms with Crippen LogP contribution in [0.3, 0.4) is 0 Å². The first-order valence-corrected chi connectivity index (χ1v) is 6.26. The molecule has 0 amide bonds. The van der Waals surface area contributed by atoms with Gasteiger partial charge in [0.2, 0.25) is 0 Å². The molecule has 0 aromatic heterocycles. The Balaban J connectivity index is 2.33. The van der Waals surface area contributed by atoms with E-state index < -0.39 is 17.0 Å². The van der Waals surface area contributed by atoms with Crippen molar-refractivity contribution in [3.8, 4) is 0 Å². The van der Waals surface area contributed by atoms with Gasteiger partial charge in [0.15, 0.2) is 5.78 Å². The predicted molar refractivity (Wildman–Crippen MR) is 70.5 cm³/mol. The lowest BCUT2D eigenvalue weighted by molar-refractivity contribution is -0.131. The zero-order valence-corrected chi connectivity index (χ0v) is 11.3.